The maximum Gasteiger partial charge on any atom is 0.314 e. The summed E-state index contributed by atoms with van der Waals surface area (Å²) in [5, 5.41) is 3.33. The summed E-state index contributed by atoms with van der Waals surface area (Å²) in [7, 11) is 3.89. The Kier molecular flexibility index (Phi) is 7.25. The SMILES string of the molecule is CC(C)[C@@H](C(=O)OCC(=O)Nc1ccc(N(C)C)cc1)c1ccc(Cl)cc1. The molecule has 2 rings (SSSR count). The lowest BCUT2D eigenvalue weighted by Crippen LogP contribution is -2.26. The first-order valence-corrected chi connectivity index (χ1v) is 9.15. The molecule has 0 saturated carbocycles. The van der Waals surface area contributed by atoms with Gasteiger partial charge in [0.1, 0.15) is 0 Å². The molecule has 0 radical (unpaired) electrons. The molecule has 0 aliphatic carbocycles. The first-order valence-electron chi connectivity index (χ1n) is 8.77. The number of nitrogens with zero attached hydrogens (tertiary/aromatic N) is 1. The third kappa shape index (κ3) is 6.00. The summed E-state index contributed by atoms with van der Waals surface area (Å²) in [5.41, 5.74) is 2.50. The first kappa shape index (κ1) is 20.8. The highest BCUT2D eigenvalue weighted by atomic mass is 35.5. The molecule has 0 heterocycles. The minimum Gasteiger partial charge on any atom is -0.455 e. The molecule has 1 atom stereocenters. The summed E-state index contributed by atoms with van der Waals surface area (Å²) in [4.78, 5) is 26.6. The van der Waals surface area contributed by atoms with Crippen LogP contribution in [0.5, 0.6) is 0 Å². The number of esters is 1. The van der Waals surface area contributed by atoms with Crippen molar-refractivity contribution >= 4 is 34.9 Å². The van der Waals surface area contributed by atoms with Gasteiger partial charge >= 0.3 is 5.97 Å². The average Bonchev–Trinajstić information content (AvgIpc) is 2.62. The van der Waals surface area contributed by atoms with Crippen LogP contribution < -0.4 is 10.2 Å². The van der Waals surface area contributed by atoms with Gasteiger partial charge in [0.05, 0.1) is 5.92 Å². The van der Waals surface area contributed by atoms with E-state index in [-0.39, 0.29) is 18.4 Å². The summed E-state index contributed by atoms with van der Waals surface area (Å²) in [6.45, 7) is 3.55. The number of hydrogen-bond acceptors (Lipinski definition) is 4. The number of anilines is 2. The largest absolute Gasteiger partial charge is 0.455 e. The standard InChI is InChI=1S/C21H25ClN2O3/c1-14(2)20(15-5-7-16(22)8-6-15)21(26)27-13-19(25)23-17-9-11-18(12-10-17)24(3)4/h5-12,14,20H,13H2,1-4H3,(H,23,25)/t20-/m1/s1. The molecule has 144 valence electrons. The van der Waals surface area contributed by atoms with Crippen molar-refractivity contribution < 1.29 is 14.3 Å². The van der Waals surface area contributed by atoms with Gasteiger partial charge in [0.25, 0.3) is 5.91 Å². The molecular weight excluding hydrogens is 364 g/mol. The highest BCUT2D eigenvalue weighted by Gasteiger charge is 2.26. The summed E-state index contributed by atoms with van der Waals surface area (Å²) in [6, 6.07) is 14.5. The van der Waals surface area contributed by atoms with Crippen LogP contribution in [0.3, 0.4) is 0 Å². The number of amides is 1. The smallest absolute Gasteiger partial charge is 0.314 e. The van der Waals surface area contributed by atoms with Gasteiger partial charge in [-0.25, -0.2) is 0 Å². The van der Waals surface area contributed by atoms with E-state index in [1.165, 1.54) is 0 Å². The molecule has 5 nitrogen and oxygen atoms in total. The Morgan fingerprint density at radius 1 is 1.04 bits per heavy atom. The minimum absolute atomic E-state index is 0.0281. The summed E-state index contributed by atoms with van der Waals surface area (Å²) < 4.78 is 5.25. The molecule has 0 fully saturated rings. The van der Waals surface area contributed by atoms with E-state index in [1.54, 1.807) is 36.4 Å². The van der Waals surface area contributed by atoms with Crippen molar-refractivity contribution in [2.75, 3.05) is 30.9 Å². The van der Waals surface area contributed by atoms with Crippen molar-refractivity contribution in [3.05, 3.63) is 59.1 Å². The van der Waals surface area contributed by atoms with Crippen LogP contribution in [0.15, 0.2) is 48.5 Å². The number of carbonyl (C=O) groups is 2. The molecular formula is C21H25ClN2O3. The number of halogens is 1. The fourth-order valence-corrected chi connectivity index (χ4v) is 2.86. The molecule has 0 bridgehead atoms. The zero-order valence-electron chi connectivity index (χ0n) is 16.0. The van der Waals surface area contributed by atoms with Crippen LogP contribution in [0.2, 0.25) is 5.02 Å². The van der Waals surface area contributed by atoms with Gasteiger partial charge in [0.15, 0.2) is 6.61 Å². The molecule has 2 aromatic rings. The number of carbonyl (C=O) groups excluding carboxylic acids is 2. The van der Waals surface area contributed by atoms with E-state index in [9.17, 15) is 9.59 Å². The molecule has 27 heavy (non-hydrogen) atoms. The summed E-state index contributed by atoms with van der Waals surface area (Å²) in [5.74, 6) is -1.22. The van der Waals surface area contributed by atoms with Gasteiger partial charge in [-0.1, -0.05) is 37.6 Å². The van der Waals surface area contributed by atoms with Crippen LogP contribution in [0.25, 0.3) is 0 Å². The van der Waals surface area contributed by atoms with Crippen LogP contribution in [0.4, 0.5) is 11.4 Å². The van der Waals surface area contributed by atoms with Crippen LogP contribution >= 0.6 is 11.6 Å². The second-order valence-corrected chi connectivity index (χ2v) is 7.31. The Morgan fingerprint density at radius 2 is 1.63 bits per heavy atom. The van der Waals surface area contributed by atoms with Gasteiger partial charge < -0.3 is 15.0 Å². The van der Waals surface area contributed by atoms with Gasteiger partial charge in [0.2, 0.25) is 0 Å². The fourth-order valence-electron chi connectivity index (χ4n) is 2.73. The molecule has 0 aliphatic rings. The van der Waals surface area contributed by atoms with E-state index in [4.69, 9.17) is 16.3 Å². The number of ether oxygens (including phenoxy) is 1. The van der Waals surface area contributed by atoms with Crippen LogP contribution in [-0.4, -0.2) is 32.6 Å². The van der Waals surface area contributed by atoms with Gasteiger partial charge in [-0.05, 0) is 47.9 Å². The zero-order chi connectivity index (χ0) is 20.0. The van der Waals surface area contributed by atoms with Crippen LogP contribution in [0.1, 0.15) is 25.3 Å². The van der Waals surface area contributed by atoms with Crippen molar-refractivity contribution in [3.63, 3.8) is 0 Å². The minimum atomic E-state index is -0.450. The lowest BCUT2D eigenvalue weighted by molar-refractivity contribution is -0.149. The van der Waals surface area contributed by atoms with Crippen molar-refractivity contribution in [1.82, 2.24) is 0 Å². The van der Waals surface area contributed by atoms with Gasteiger partial charge in [-0.2, -0.15) is 0 Å². The Hall–Kier alpha value is -2.53. The van der Waals surface area contributed by atoms with Crippen LogP contribution in [0, 0.1) is 5.92 Å². The quantitative estimate of drug-likeness (QED) is 0.717. The molecule has 0 saturated heterocycles. The second kappa shape index (κ2) is 9.42. The monoisotopic (exact) mass is 388 g/mol. The lowest BCUT2D eigenvalue weighted by Gasteiger charge is -2.20. The van der Waals surface area contributed by atoms with Crippen molar-refractivity contribution in [1.29, 1.82) is 0 Å². The lowest BCUT2D eigenvalue weighted by atomic mass is 9.88. The predicted octanol–water partition coefficient (Wildman–Crippen LogP) is 4.33. The third-order valence-corrected chi connectivity index (χ3v) is 4.41. The second-order valence-electron chi connectivity index (χ2n) is 6.87. The maximum absolute atomic E-state index is 12.5. The van der Waals surface area contributed by atoms with Crippen LogP contribution in [-0.2, 0) is 14.3 Å². The topological polar surface area (TPSA) is 58.6 Å². The predicted molar refractivity (Wildman–Crippen MR) is 109 cm³/mol. The van der Waals surface area contributed by atoms with Gasteiger partial charge in [-0.15, -0.1) is 0 Å². The van der Waals surface area contributed by atoms with E-state index >= 15 is 0 Å². The molecule has 1 amide bonds. The number of benzene rings is 2. The van der Waals surface area contributed by atoms with Gasteiger partial charge in [0, 0.05) is 30.5 Å². The maximum atomic E-state index is 12.5. The highest BCUT2D eigenvalue weighted by Crippen LogP contribution is 2.27. The Labute approximate surface area is 165 Å². The number of nitrogens with one attached hydrogen (secondary N) is 1. The molecule has 0 aromatic heterocycles. The molecule has 0 spiro atoms. The van der Waals surface area contributed by atoms with E-state index in [1.807, 2.05) is 45.0 Å². The van der Waals surface area contributed by atoms with Gasteiger partial charge in [-0.3, -0.25) is 9.59 Å². The van der Waals surface area contributed by atoms with E-state index in [0.717, 1.165) is 11.3 Å². The first-order chi connectivity index (χ1) is 12.8. The Bertz CT molecular complexity index is 771. The average molecular weight is 389 g/mol. The summed E-state index contributed by atoms with van der Waals surface area (Å²) >= 11 is 5.91. The third-order valence-electron chi connectivity index (χ3n) is 4.16. The molecule has 1 N–H and O–H groups in total. The van der Waals surface area contributed by atoms with Crippen molar-refractivity contribution in [3.8, 4) is 0 Å². The normalized spacial score (nSPS) is 11.8. The Balaban J connectivity index is 1.94. The fraction of sp³-hybridized carbons (Fsp3) is 0.333. The molecule has 2 aromatic carbocycles. The van der Waals surface area contributed by atoms with E-state index < -0.39 is 11.9 Å². The number of rotatable bonds is 7. The van der Waals surface area contributed by atoms with E-state index in [2.05, 4.69) is 5.32 Å². The molecule has 6 heteroatoms. The highest BCUT2D eigenvalue weighted by molar-refractivity contribution is 6.30. The number of hydrogen-bond donors (Lipinski definition) is 1. The zero-order valence-corrected chi connectivity index (χ0v) is 16.8. The Morgan fingerprint density at radius 3 is 2.15 bits per heavy atom. The van der Waals surface area contributed by atoms with E-state index in [0.29, 0.717) is 10.7 Å². The van der Waals surface area contributed by atoms with Crippen molar-refractivity contribution in [2.24, 2.45) is 5.92 Å². The van der Waals surface area contributed by atoms with Crippen molar-refractivity contribution in [2.45, 2.75) is 19.8 Å². The molecule has 0 aliphatic heterocycles. The molecule has 0 unspecified atom stereocenters. The summed E-state index contributed by atoms with van der Waals surface area (Å²) in [6.07, 6.45) is 0.